The van der Waals surface area contributed by atoms with E-state index in [2.05, 4.69) is 16.7 Å². The molecule has 22 heavy (non-hydrogen) atoms. The van der Waals surface area contributed by atoms with Gasteiger partial charge in [0.2, 0.25) is 5.91 Å². The lowest BCUT2D eigenvalue weighted by Gasteiger charge is -2.31. The summed E-state index contributed by atoms with van der Waals surface area (Å²) in [6, 6.07) is 8.18. The second-order valence-corrected chi connectivity index (χ2v) is 6.02. The van der Waals surface area contributed by atoms with Gasteiger partial charge < -0.3 is 14.6 Å². The molecule has 3 rings (SSSR count). The van der Waals surface area contributed by atoms with Crippen LogP contribution in [0.1, 0.15) is 18.4 Å². The molecule has 1 aliphatic rings. The van der Waals surface area contributed by atoms with E-state index in [0.717, 1.165) is 35.9 Å². The summed E-state index contributed by atoms with van der Waals surface area (Å²) < 4.78 is 2.07. The van der Waals surface area contributed by atoms with Gasteiger partial charge in [-0.1, -0.05) is 18.2 Å². The van der Waals surface area contributed by atoms with Gasteiger partial charge in [-0.2, -0.15) is 0 Å². The molecule has 2 heterocycles. The van der Waals surface area contributed by atoms with Crippen molar-refractivity contribution in [2.24, 2.45) is 13.0 Å². The average Bonchev–Trinajstić information content (AvgIpc) is 2.89. The predicted octanol–water partition coefficient (Wildman–Crippen LogP) is 2.42. The first-order valence-electron chi connectivity index (χ1n) is 7.81. The molecule has 1 amide bonds. The molecule has 2 aromatic rings. The Morgan fingerprint density at radius 2 is 2.23 bits per heavy atom. The Hall–Kier alpha value is -2.07. The van der Waals surface area contributed by atoms with Crippen molar-refractivity contribution in [3.63, 3.8) is 0 Å². The van der Waals surface area contributed by atoms with Crippen LogP contribution in [0.2, 0.25) is 0 Å². The third-order valence-electron chi connectivity index (χ3n) is 4.42. The van der Waals surface area contributed by atoms with Gasteiger partial charge in [-0.15, -0.1) is 0 Å². The number of aromatic nitrogens is 1. The summed E-state index contributed by atoms with van der Waals surface area (Å²) >= 11 is 0. The lowest BCUT2D eigenvalue weighted by atomic mass is 9.99. The Kier molecular flexibility index (Phi) is 4.29. The molecule has 1 N–H and O–H groups in total. The number of hydrogen-bond acceptors (Lipinski definition) is 2. The maximum absolute atomic E-state index is 12.3. The van der Waals surface area contributed by atoms with E-state index in [-0.39, 0.29) is 18.4 Å². The van der Waals surface area contributed by atoms with Gasteiger partial charge in [-0.3, -0.25) is 4.79 Å². The van der Waals surface area contributed by atoms with Crippen LogP contribution < -0.4 is 0 Å². The van der Waals surface area contributed by atoms with Crippen molar-refractivity contribution in [2.45, 2.75) is 12.8 Å². The van der Waals surface area contributed by atoms with Crippen molar-refractivity contribution in [3.05, 3.63) is 42.1 Å². The van der Waals surface area contributed by atoms with Crippen LogP contribution in [0.15, 0.2) is 36.5 Å². The van der Waals surface area contributed by atoms with E-state index in [9.17, 15) is 9.90 Å². The molecule has 1 saturated heterocycles. The number of carbonyl (C=O) groups excluding carboxylic acids is 1. The van der Waals surface area contributed by atoms with E-state index in [1.807, 2.05) is 36.4 Å². The highest BCUT2D eigenvalue weighted by Crippen LogP contribution is 2.22. The van der Waals surface area contributed by atoms with Gasteiger partial charge in [0, 0.05) is 55.5 Å². The van der Waals surface area contributed by atoms with E-state index < -0.39 is 0 Å². The Bertz CT molecular complexity index is 702. The van der Waals surface area contributed by atoms with Gasteiger partial charge in [0.25, 0.3) is 0 Å². The fraction of sp³-hybridized carbons (Fsp3) is 0.389. The van der Waals surface area contributed by atoms with Gasteiger partial charge in [0.05, 0.1) is 0 Å². The number of likely N-dealkylation sites (tertiary alicyclic amines) is 1. The first-order valence-corrected chi connectivity index (χ1v) is 7.81. The highest BCUT2D eigenvalue weighted by molar-refractivity contribution is 5.96. The molecule has 0 aliphatic carbocycles. The van der Waals surface area contributed by atoms with E-state index in [1.165, 1.54) is 0 Å². The fourth-order valence-corrected chi connectivity index (χ4v) is 3.19. The number of hydrogen-bond donors (Lipinski definition) is 1. The molecule has 0 spiro atoms. The highest BCUT2D eigenvalue weighted by atomic mass is 16.3. The molecule has 1 fully saturated rings. The van der Waals surface area contributed by atoms with Crippen molar-refractivity contribution in [2.75, 3.05) is 19.7 Å². The predicted molar refractivity (Wildman–Crippen MR) is 88.3 cm³/mol. The summed E-state index contributed by atoms with van der Waals surface area (Å²) in [6.45, 7) is 1.61. The lowest BCUT2D eigenvalue weighted by Crippen LogP contribution is -2.40. The highest BCUT2D eigenvalue weighted by Gasteiger charge is 2.21. The third kappa shape index (κ3) is 2.92. The number of aryl methyl sites for hydroxylation is 1. The minimum Gasteiger partial charge on any atom is -0.396 e. The van der Waals surface area contributed by atoms with E-state index >= 15 is 0 Å². The number of benzene rings is 1. The minimum absolute atomic E-state index is 0.0334. The van der Waals surface area contributed by atoms with Crippen molar-refractivity contribution in [1.82, 2.24) is 9.47 Å². The van der Waals surface area contributed by atoms with Crippen LogP contribution in [0.4, 0.5) is 0 Å². The van der Waals surface area contributed by atoms with E-state index in [4.69, 9.17) is 0 Å². The topological polar surface area (TPSA) is 45.5 Å². The Morgan fingerprint density at radius 3 is 3.05 bits per heavy atom. The van der Waals surface area contributed by atoms with Crippen LogP contribution in [-0.4, -0.2) is 40.2 Å². The number of fused-ring (bicyclic) bond motifs is 1. The maximum Gasteiger partial charge on any atom is 0.246 e. The molecule has 4 heteroatoms. The zero-order valence-corrected chi connectivity index (χ0v) is 12.9. The van der Waals surface area contributed by atoms with Crippen LogP contribution in [0, 0.1) is 5.92 Å². The molecule has 1 aromatic heterocycles. The summed E-state index contributed by atoms with van der Waals surface area (Å²) in [5.74, 6) is 0.259. The normalized spacial score (nSPS) is 19.2. The standard InChI is InChI=1S/C18H22N2O2/c1-19-12-15(16-6-2-3-7-17(16)19)8-9-18(22)20-10-4-5-14(11-20)13-21/h2-3,6-9,12,14,21H,4-5,10-11,13H2,1H3/b9-8+. The summed E-state index contributed by atoms with van der Waals surface area (Å²) in [5.41, 5.74) is 2.22. The zero-order chi connectivity index (χ0) is 15.5. The Balaban J connectivity index is 1.76. The number of carbonyl (C=O) groups is 1. The molecule has 1 aromatic carbocycles. The summed E-state index contributed by atoms with van der Waals surface area (Å²) in [5, 5.41) is 10.4. The van der Waals surface area contributed by atoms with Crippen LogP contribution in [0.5, 0.6) is 0 Å². The molecular formula is C18H22N2O2. The molecule has 0 radical (unpaired) electrons. The molecule has 1 unspecified atom stereocenters. The second kappa shape index (κ2) is 6.36. The number of para-hydroxylation sites is 1. The summed E-state index contributed by atoms with van der Waals surface area (Å²) in [4.78, 5) is 14.2. The lowest BCUT2D eigenvalue weighted by molar-refractivity contribution is -0.127. The summed E-state index contributed by atoms with van der Waals surface area (Å²) in [6.07, 6.45) is 7.57. The minimum atomic E-state index is 0.0334. The van der Waals surface area contributed by atoms with Gasteiger partial charge in [-0.05, 0) is 30.9 Å². The molecule has 0 saturated carbocycles. The number of aliphatic hydroxyl groups is 1. The molecule has 116 valence electrons. The quantitative estimate of drug-likeness (QED) is 0.885. The zero-order valence-electron chi connectivity index (χ0n) is 12.9. The van der Waals surface area contributed by atoms with Crippen molar-refractivity contribution >= 4 is 22.9 Å². The number of rotatable bonds is 3. The van der Waals surface area contributed by atoms with Gasteiger partial charge in [-0.25, -0.2) is 0 Å². The largest absolute Gasteiger partial charge is 0.396 e. The first-order chi connectivity index (χ1) is 10.7. The number of aliphatic hydroxyl groups excluding tert-OH is 1. The van der Waals surface area contributed by atoms with Crippen LogP contribution in [0.3, 0.4) is 0 Å². The maximum atomic E-state index is 12.3. The van der Waals surface area contributed by atoms with E-state index in [1.54, 1.807) is 6.08 Å². The molecule has 1 atom stereocenters. The van der Waals surface area contributed by atoms with Gasteiger partial charge >= 0.3 is 0 Å². The van der Waals surface area contributed by atoms with Crippen LogP contribution in [0.25, 0.3) is 17.0 Å². The monoisotopic (exact) mass is 298 g/mol. The van der Waals surface area contributed by atoms with Crippen molar-refractivity contribution in [3.8, 4) is 0 Å². The van der Waals surface area contributed by atoms with E-state index in [0.29, 0.717) is 6.54 Å². The smallest absolute Gasteiger partial charge is 0.246 e. The van der Waals surface area contributed by atoms with Crippen LogP contribution >= 0.6 is 0 Å². The molecule has 1 aliphatic heterocycles. The second-order valence-electron chi connectivity index (χ2n) is 6.02. The van der Waals surface area contributed by atoms with Gasteiger partial charge in [0.1, 0.15) is 0 Å². The Labute approximate surface area is 130 Å². The summed E-state index contributed by atoms with van der Waals surface area (Å²) in [7, 11) is 2.01. The SMILES string of the molecule is Cn1cc(/C=C/C(=O)N2CCCC(CO)C2)c2ccccc21. The van der Waals surface area contributed by atoms with Crippen LogP contribution in [-0.2, 0) is 11.8 Å². The van der Waals surface area contributed by atoms with Crippen molar-refractivity contribution in [1.29, 1.82) is 0 Å². The number of amides is 1. The Morgan fingerprint density at radius 1 is 1.41 bits per heavy atom. The number of piperidine rings is 1. The number of nitrogens with zero attached hydrogens (tertiary/aromatic N) is 2. The molecule has 0 bridgehead atoms. The first kappa shape index (κ1) is 14.9. The third-order valence-corrected chi connectivity index (χ3v) is 4.42. The molecular weight excluding hydrogens is 276 g/mol. The van der Waals surface area contributed by atoms with Crippen molar-refractivity contribution < 1.29 is 9.90 Å². The molecule has 4 nitrogen and oxygen atoms in total. The van der Waals surface area contributed by atoms with Gasteiger partial charge in [0.15, 0.2) is 0 Å². The fourth-order valence-electron chi connectivity index (χ4n) is 3.19. The average molecular weight is 298 g/mol.